The van der Waals surface area contributed by atoms with Crippen LogP contribution in [-0.4, -0.2) is 23.2 Å². The van der Waals surface area contributed by atoms with Crippen LogP contribution < -0.4 is 5.32 Å². The molecule has 0 atom stereocenters. The minimum atomic E-state index is 0.295. The zero-order valence-electron chi connectivity index (χ0n) is 9.16. The van der Waals surface area contributed by atoms with E-state index in [0.29, 0.717) is 12.0 Å². The van der Waals surface area contributed by atoms with Gasteiger partial charge in [-0.3, -0.25) is 0 Å². The molecule has 1 heterocycles. The fourth-order valence-electron chi connectivity index (χ4n) is 1.87. The maximum atomic E-state index is 8.95. The average Bonchev–Trinajstić information content (AvgIpc) is 2.98. The van der Waals surface area contributed by atoms with Gasteiger partial charge in [-0.2, -0.15) is 0 Å². The molecule has 3 nitrogen and oxygen atoms in total. The Morgan fingerprint density at radius 1 is 1.53 bits per heavy atom. The van der Waals surface area contributed by atoms with Crippen molar-refractivity contribution in [2.24, 2.45) is 5.41 Å². The van der Waals surface area contributed by atoms with Gasteiger partial charge in [0, 0.05) is 19.3 Å². The highest BCUT2D eigenvalue weighted by molar-refractivity contribution is 5.42. The molecule has 1 aliphatic carbocycles. The van der Waals surface area contributed by atoms with E-state index in [1.807, 2.05) is 6.07 Å². The monoisotopic (exact) mass is 206 g/mol. The van der Waals surface area contributed by atoms with E-state index in [1.54, 1.807) is 6.20 Å². The Labute approximate surface area is 90.5 Å². The van der Waals surface area contributed by atoms with Gasteiger partial charge in [-0.1, -0.05) is 6.07 Å². The van der Waals surface area contributed by atoms with Crippen LogP contribution in [0.4, 0.5) is 5.82 Å². The maximum Gasteiger partial charge on any atom is 0.128 e. The van der Waals surface area contributed by atoms with Gasteiger partial charge in [0.15, 0.2) is 0 Å². The molecule has 1 aromatic heterocycles. The second-order valence-corrected chi connectivity index (χ2v) is 4.50. The van der Waals surface area contributed by atoms with Crippen LogP contribution in [-0.2, 0) is 0 Å². The molecule has 1 saturated carbocycles. The number of rotatable bonds is 5. The number of hydrogen-bond acceptors (Lipinski definition) is 3. The molecule has 0 radical (unpaired) electrons. The first-order chi connectivity index (χ1) is 7.26. The van der Waals surface area contributed by atoms with Crippen molar-refractivity contribution in [3.8, 4) is 0 Å². The summed E-state index contributed by atoms with van der Waals surface area (Å²) in [7, 11) is 0. The largest absolute Gasteiger partial charge is 0.396 e. The number of anilines is 1. The third kappa shape index (κ3) is 2.48. The molecule has 1 aliphatic rings. The zero-order valence-corrected chi connectivity index (χ0v) is 9.16. The van der Waals surface area contributed by atoms with Crippen LogP contribution in [0, 0.1) is 12.3 Å². The molecule has 0 spiro atoms. The minimum absolute atomic E-state index is 0.295. The molecule has 3 heteroatoms. The van der Waals surface area contributed by atoms with Gasteiger partial charge in [-0.25, -0.2) is 4.98 Å². The van der Waals surface area contributed by atoms with Crippen molar-refractivity contribution in [2.45, 2.75) is 26.2 Å². The molecule has 0 saturated heterocycles. The van der Waals surface area contributed by atoms with Crippen LogP contribution in [0.3, 0.4) is 0 Å². The lowest BCUT2D eigenvalue weighted by Gasteiger charge is -2.15. The zero-order chi connectivity index (χ0) is 10.7. The Bertz CT molecular complexity index is 334. The summed E-state index contributed by atoms with van der Waals surface area (Å²) < 4.78 is 0. The highest BCUT2D eigenvalue weighted by Crippen LogP contribution is 2.48. The van der Waals surface area contributed by atoms with Crippen LogP contribution in [0.15, 0.2) is 18.3 Å². The molecule has 2 rings (SSSR count). The smallest absolute Gasteiger partial charge is 0.128 e. The molecule has 0 aliphatic heterocycles. The van der Waals surface area contributed by atoms with Crippen LogP contribution in [0.1, 0.15) is 24.8 Å². The molecule has 0 amide bonds. The number of aliphatic hydroxyl groups is 1. The molecular weight excluding hydrogens is 188 g/mol. The molecule has 15 heavy (non-hydrogen) atoms. The van der Waals surface area contributed by atoms with Crippen LogP contribution in [0.5, 0.6) is 0 Å². The van der Waals surface area contributed by atoms with E-state index in [1.165, 1.54) is 18.4 Å². The highest BCUT2D eigenvalue weighted by atomic mass is 16.3. The van der Waals surface area contributed by atoms with Crippen molar-refractivity contribution < 1.29 is 5.11 Å². The highest BCUT2D eigenvalue weighted by Gasteiger charge is 2.41. The number of hydrogen-bond donors (Lipinski definition) is 2. The predicted molar refractivity (Wildman–Crippen MR) is 60.8 cm³/mol. The van der Waals surface area contributed by atoms with Gasteiger partial charge in [0.25, 0.3) is 0 Å². The van der Waals surface area contributed by atoms with Gasteiger partial charge in [-0.15, -0.1) is 0 Å². The Kier molecular flexibility index (Phi) is 2.91. The molecule has 82 valence electrons. The quantitative estimate of drug-likeness (QED) is 0.774. The first-order valence-electron chi connectivity index (χ1n) is 5.52. The predicted octanol–water partition coefficient (Wildman–Crippen LogP) is 1.96. The second kappa shape index (κ2) is 4.19. The summed E-state index contributed by atoms with van der Waals surface area (Å²) in [4.78, 5) is 4.30. The maximum absolute atomic E-state index is 8.95. The lowest BCUT2D eigenvalue weighted by Crippen LogP contribution is -2.17. The summed E-state index contributed by atoms with van der Waals surface area (Å²) in [6.07, 6.45) is 5.17. The van der Waals surface area contributed by atoms with Gasteiger partial charge in [0.05, 0.1) is 0 Å². The Morgan fingerprint density at radius 3 is 2.93 bits per heavy atom. The summed E-state index contributed by atoms with van der Waals surface area (Å²) in [6.45, 7) is 3.29. The van der Waals surface area contributed by atoms with Crippen molar-refractivity contribution >= 4 is 5.82 Å². The molecule has 0 unspecified atom stereocenters. The van der Waals surface area contributed by atoms with Crippen LogP contribution in [0.25, 0.3) is 0 Å². The molecule has 1 aromatic rings. The summed E-state index contributed by atoms with van der Waals surface area (Å²) >= 11 is 0. The molecule has 1 fully saturated rings. The molecule has 2 N–H and O–H groups in total. The van der Waals surface area contributed by atoms with Gasteiger partial charge in [-0.05, 0) is 43.2 Å². The third-order valence-corrected chi connectivity index (χ3v) is 3.24. The average molecular weight is 206 g/mol. The second-order valence-electron chi connectivity index (χ2n) is 4.50. The van der Waals surface area contributed by atoms with Crippen LogP contribution >= 0.6 is 0 Å². The van der Waals surface area contributed by atoms with Crippen molar-refractivity contribution in [2.75, 3.05) is 18.5 Å². The van der Waals surface area contributed by atoms with E-state index in [2.05, 4.69) is 23.3 Å². The fourth-order valence-corrected chi connectivity index (χ4v) is 1.87. The van der Waals surface area contributed by atoms with Crippen molar-refractivity contribution in [3.63, 3.8) is 0 Å². The first kappa shape index (κ1) is 10.4. The number of pyridine rings is 1. The number of nitrogens with zero attached hydrogens (tertiary/aromatic N) is 1. The first-order valence-corrected chi connectivity index (χ1v) is 5.52. The van der Waals surface area contributed by atoms with Crippen LogP contribution in [0.2, 0.25) is 0 Å². The number of aliphatic hydroxyl groups excluding tert-OH is 1. The Balaban J connectivity index is 1.91. The summed E-state index contributed by atoms with van der Waals surface area (Å²) in [5, 5.41) is 12.3. The van der Waals surface area contributed by atoms with Crippen molar-refractivity contribution in [1.82, 2.24) is 4.98 Å². The lowest BCUT2D eigenvalue weighted by atomic mass is 10.0. The minimum Gasteiger partial charge on any atom is -0.396 e. The Morgan fingerprint density at radius 2 is 2.33 bits per heavy atom. The normalized spacial score (nSPS) is 17.5. The van der Waals surface area contributed by atoms with E-state index in [4.69, 9.17) is 5.11 Å². The van der Waals surface area contributed by atoms with Crippen molar-refractivity contribution in [3.05, 3.63) is 23.9 Å². The lowest BCUT2D eigenvalue weighted by molar-refractivity contribution is 0.253. The SMILES string of the molecule is Cc1cccnc1NCC1(CCO)CC1. The van der Waals surface area contributed by atoms with E-state index in [-0.39, 0.29) is 0 Å². The molecular formula is C12H18N2O. The number of nitrogens with one attached hydrogen (secondary N) is 1. The topological polar surface area (TPSA) is 45.2 Å². The molecule has 0 aromatic carbocycles. The van der Waals surface area contributed by atoms with Crippen molar-refractivity contribution in [1.29, 1.82) is 0 Å². The Hall–Kier alpha value is -1.09. The van der Waals surface area contributed by atoms with Gasteiger partial charge >= 0.3 is 0 Å². The van der Waals surface area contributed by atoms with Gasteiger partial charge in [0.1, 0.15) is 5.82 Å². The van der Waals surface area contributed by atoms with Gasteiger partial charge < -0.3 is 10.4 Å². The summed E-state index contributed by atoms with van der Waals surface area (Å²) in [5.41, 5.74) is 1.52. The fraction of sp³-hybridized carbons (Fsp3) is 0.583. The van der Waals surface area contributed by atoms with Gasteiger partial charge in [0.2, 0.25) is 0 Å². The standard InChI is InChI=1S/C12H18N2O/c1-10-3-2-7-13-11(10)14-9-12(4-5-12)6-8-15/h2-3,7,15H,4-6,8-9H2,1H3,(H,13,14). The number of aromatic nitrogens is 1. The molecule has 0 bridgehead atoms. The number of aryl methyl sites for hydroxylation is 1. The summed E-state index contributed by atoms with van der Waals surface area (Å²) in [5.74, 6) is 0.974. The van der Waals surface area contributed by atoms with E-state index in [0.717, 1.165) is 18.8 Å². The third-order valence-electron chi connectivity index (χ3n) is 3.24. The van der Waals surface area contributed by atoms with E-state index < -0.39 is 0 Å². The summed E-state index contributed by atoms with van der Waals surface area (Å²) in [6, 6.07) is 4.00. The van der Waals surface area contributed by atoms with E-state index >= 15 is 0 Å². The van der Waals surface area contributed by atoms with E-state index in [9.17, 15) is 0 Å².